The third-order valence-corrected chi connectivity index (χ3v) is 2.39. The molecule has 0 saturated carbocycles. The summed E-state index contributed by atoms with van der Waals surface area (Å²) in [4.78, 5) is 11.7. The van der Waals surface area contributed by atoms with Crippen LogP contribution in [-0.2, 0) is 18.0 Å². The SMILES string of the molecule is Cc1cc(COC(=O)c2ccc(CO)cc2)on1. The fourth-order valence-corrected chi connectivity index (χ4v) is 1.45. The molecular weight excluding hydrogens is 234 g/mol. The molecule has 0 saturated heterocycles. The summed E-state index contributed by atoms with van der Waals surface area (Å²) in [6, 6.07) is 8.28. The largest absolute Gasteiger partial charge is 0.454 e. The van der Waals surface area contributed by atoms with Crippen molar-refractivity contribution in [2.45, 2.75) is 20.1 Å². The van der Waals surface area contributed by atoms with Crippen LogP contribution < -0.4 is 0 Å². The number of carbonyl (C=O) groups excluding carboxylic acids is 1. The van der Waals surface area contributed by atoms with Crippen molar-refractivity contribution in [3.63, 3.8) is 0 Å². The Bertz CT molecular complexity index is 530. The molecule has 0 radical (unpaired) electrons. The van der Waals surface area contributed by atoms with Crippen LogP contribution in [0, 0.1) is 6.92 Å². The lowest BCUT2D eigenvalue weighted by molar-refractivity contribution is 0.0437. The van der Waals surface area contributed by atoms with Crippen LogP contribution >= 0.6 is 0 Å². The number of aromatic nitrogens is 1. The Morgan fingerprint density at radius 3 is 2.67 bits per heavy atom. The first kappa shape index (κ1) is 12.3. The van der Waals surface area contributed by atoms with Crippen LogP contribution in [0.1, 0.15) is 27.4 Å². The van der Waals surface area contributed by atoms with Crippen molar-refractivity contribution in [3.8, 4) is 0 Å². The summed E-state index contributed by atoms with van der Waals surface area (Å²) in [5.41, 5.74) is 1.93. The van der Waals surface area contributed by atoms with Gasteiger partial charge < -0.3 is 14.4 Å². The van der Waals surface area contributed by atoms with E-state index < -0.39 is 5.97 Å². The Morgan fingerprint density at radius 2 is 2.11 bits per heavy atom. The third-order valence-electron chi connectivity index (χ3n) is 2.39. The van der Waals surface area contributed by atoms with Gasteiger partial charge >= 0.3 is 5.97 Å². The number of ether oxygens (including phenoxy) is 1. The van der Waals surface area contributed by atoms with Crippen LogP contribution in [0.15, 0.2) is 34.9 Å². The molecular formula is C13H13NO4. The number of nitrogens with zero attached hydrogens (tertiary/aromatic N) is 1. The standard InChI is InChI=1S/C13H13NO4/c1-9-6-12(18-14-9)8-17-13(16)11-4-2-10(7-15)3-5-11/h2-6,15H,7-8H2,1H3. The molecule has 0 spiro atoms. The lowest BCUT2D eigenvalue weighted by Gasteiger charge is -2.03. The van der Waals surface area contributed by atoms with E-state index in [0.29, 0.717) is 11.3 Å². The number of hydrogen-bond donors (Lipinski definition) is 1. The van der Waals surface area contributed by atoms with Crippen molar-refractivity contribution < 1.29 is 19.2 Å². The van der Waals surface area contributed by atoms with Gasteiger partial charge in [-0.3, -0.25) is 0 Å². The number of benzene rings is 1. The zero-order valence-electron chi connectivity index (χ0n) is 9.92. The van der Waals surface area contributed by atoms with Crippen molar-refractivity contribution in [2.24, 2.45) is 0 Å². The van der Waals surface area contributed by atoms with E-state index in [1.807, 2.05) is 0 Å². The zero-order valence-corrected chi connectivity index (χ0v) is 9.92. The molecule has 0 aliphatic heterocycles. The molecule has 2 rings (SSSR count). The maximum absolute atomic E-state index is 11.7. The highest BCUT2D eigenvalue weighted by atomic mass is 16.5. The topological polar surface area (TPSA) is 72.6 Å². The van der Waals surface area contributed by atoms with Crippen molar-refractivity contribution in [1.82, 2.24) is 5.16 Å². The summed E-state index contributed by atoms with van der Waals surface area (Å²) in [6.45, 7) is 1.80. The molecule has 0 amide bonds. The van der Waals surface area contributed by atoms with Crippen LogP contribution in [-0.4, -0.2) is 16.2 Å². The molecule has 2 aromatic rings. The molecule has 94 valence electrons. The number of esters is 1. The summed E-state index contributed by atoms with van der Waals surface area (Å²) in [5, 5.41) is 12.6. The van der Waals surface area contributed by atoms with Gasteiger partial charge in [0, 0.05) is 6.07 Å². The molecule has 0 aliphatic carbocycles. The predicted molar refractivity (Wildman–Crippen MR) is 62.7 cm³/mol. The van der Waals surface area contributed by atoms with E-state index in [-0.39, 0.29) is 13.2 Å². The minimum atomic E-state index is -0.437. The van der Waals surface area contributed by atoms with Gasteiger partial charge in [0.25, 0.3) is 0 Å². The van der Waals surface area contributed by atoms with Gasteiger partial charge in [-0.05, 0) is 24.6 Å². The summed E-state index contributed by atoms with van der Waals surface area (Å²) >= 11 is 0. The Balaban J connectivity index is 1.94. The van der Waals surface area contributed by atoms with Gasteiger partial charge in [-0.15, -0.1) is 0 Å². The Hall–Kier alpha value is -2.14. The molecule has 1 N–H and O–H groups in total. The molecule has 0 atom stereocenters. The average Bonchev–Trinajstić information content (AvgIpc) is 2.82. The molecule has 0 bridgehead atoms. The van der Waals surface area contributed by atoms with E-state index in [1.165, 1.54) is 0 Å². The monoisotopic (exact) mass is 247 g/mol. The second kappa shape index (κ2) is 5.46. The summed E-state index contributed by atoms with van der Waals surface area (Å²) in [5.74, 6) is 0.0707. The lowest BCUT2D eigenvalue weighted by Crippen LogP contribution is -2.04. The molecule has 1 aromatic heterocycles. The Labute approximate surface area is 104 Å². The number of aliphatic hydroxyl groups excluding tert-OH is 1. The third kappa shape index (κ3) is 2.95. The molecule has 0 aliphatic rings. The Kier molecular flexibility index (Phi) is 3.74. The van der Waals surface area contributed by atoms with Gasteiger partial charge in [0.1, 0.15) is 0 Å². The molecule has 18 heavy (non-hydrogen) atoms. The number of aliphatic hydroxyl groups is 1. The maximum Gasteiger partial charge on any atom is 0.338 e. The van der Waals surface area contributed by atoms with Crippen LogP contribution in [0.3, 0.4) is 0 Å². The molecule has 0 fully saturated rings. The van der Waals surface area contributed by atoms with Crippen molar-refractivity contribution in [1.29, 1.82) is 0 Å². The van der Waals surface area contributed by atoms with Gasteiger partial charge in [-0.2, -0.15) is 0 Å². The highest BCUT2D eigenvalue weighted by Crippen LogP contribution is 2.09. The highest BCUT2D eigenvalue weighted by molar-refractivity contribution is 5.89. The zero-order chi connectivity index (χ0) is 13.0. The van der Waals surface area contributed by atoms with Gasteiger partial charge in [0.15, 0.2) is 12.4 Å². The first-order chi connectivity index (χ1) is 8.69. The van der Waals surface area contributed by atoms with Gasteiger partial charge in [0.05, 0.1) is 17.9 Å². The van der Waals surface area contributed by atoms with E-state index in [1.54, 1.807) is 37.3 Å². The van der Waals surface area contributed by atoms with Crippen molar-refractivity contribution in [3.05, 3.63) is 52.9 Å². The number of aryl methyl sites for hydroxylation is 1. The first-order valence-electron chi connectivity index (χ1n) is 5.48. The van der Waals surface area contributed by atoms with E-state index in [4.69, 9.17) is 14.4 Å². The molecule has 1 aromatic carbocycles. The Morgan fingerprint density at radius 1 is 1.39 bits per heavy atom. The fourth-order valence-electron chi connectivity index (χ4n) is 1.45. The predicted octanol–water partition coefficient (Wildman–Crippen LogP) is 1.83. The number of hydrogen-bond acceptors (Lipinski definition) is 5. The van der Waals surface area contributed by atoms with Crippen LogP contribution in [0.4, 0.5) is 0 Å². The van der Waals surface area contributed by atoms with E-state index >= 15 is 0 Å². The number of carbonyl (C=O) groups is 1. The molecule has 5 heteroatoms. The lowest BCUT2D eigenvalue weighted by atomic mass is 10.1. The smallest absolute Gasteiger partial charge is 0.338 e. The molecule has 5 nitrogen and oxygen atoms in total. The minimum absolute atomic E-state index is 0.0489. The van der Waals surface area contributed by atoms with Crippen LogP contribution in [0.25, 0.3) is 0 Å². The molecule has 1 heterocycles. The van der Waals surface area contributed by atoms with E-state index in [0.717, 1.165) is 11.3 Å². The average molecular weight is 247 g/mol. The quantitative estimate of drug-likeness (QED) is 0.834. The van der Waals surface area contributed by atoms with Crippen LogP contribution in [0.5, 0.6) is 0 Å². The first-order valence-corrected chi connectivity index (χ1v) is 5.48. The highest BCUT2D eigenvalue weighted by Gasteiger charge is 2.09. The fraction of sp³-hybridized carbons (Fsp3) is 0.231. The van der Waals surface area contributed by atoms with Gasteiger partial charge in [-0.25, -0.2) is 4.79 Å². The van der Waals surface area contributed by atoms with Crippen LogP contribution in [0.2, 0.25) is 0 Å². The minimum Gasteiger partial charge on any atom is -0.454 e. The summed E-state index contributed by atoms with van der Waals surface area (Å²) in [7, 11) is 0. The van der Waals surface area contributed by atoms with Gasteiger partial charge in [-0.1, -0.05) is 17.3 Å². The second-order valence-electron chi connectivity index (χ2n) is 3.87. The number of rotatable bonds is 4. The van der Waals surface area contributed by atoms with Crippen molar-refractivity contribution in [2.75, 3.05) is 0 Å². The second-order valence-corrected chi connectivity index (χ2v) is 3.87. The summed E-state index contributed by atoms with van der Waals surface area (Å²) < 4.78 is 9.99. The summed E-state index contributed by atoms with van der Waals surface area (Å²) in [6.07, 6.45) is 0. The molecule has 0 unspecified atom stereocenters. The van der Waals surface area contributed by atoms with Crippen molar-refractivity contribution >= 4 is 5.97 Å². The van der Waals surface area contributed by atoms with E-state index in [9.17, 15) is 4.79 Å². The maximum atomic E-state index is 11.7. The normalized spacial score (nSPS) is 10.3. The van der Waals surface area contributed by atoms with E-state index in [2.05, 4.69) is 5.16 Å². The van der Waals surface area contributed by atoms with Gasteiger partial charge in [0.2, 0.25) is 0 Å².